The van der Waals surface area contributed by atoms with E-state index in [1.54, 1.807) is 0 Å². The fourth-order valence-corrected chi connectivity index (χ4v) is 4.53. The quantitative estimate of drug-likeness (QED) is 0.451. The molecule has 2 heterocycles. The first kappa shape index (κ1) is 17.6. The Hall–Kier alpha value is -3.52. The first-order chi connectivity index (χ1) is 14.3. The van der Waals surface area contributed by atoms with Crippen molar-refractivity contribution < 1.29 is 0 Å². The summed E-state index contributed by atoms with van der Waals surface area (Å²) >= 11 is 0. The molecule has 0 saturated carbocycles. The molecular weight excluding hydrogens is 352 g/mol. The topological polar surface area (TPSA) is 25.8 Å². The van der Waals surface area contributed by atoms with Crippen LogP contribution >= 0.6 is 0 Å². The molecule has 0 radical (unpaired) electrons. The summed E-state index contributed by atoms with van der Waals surface area (Å²) in [7, 11) is 0. The first-order valence-corrected chi connectivity index (χ1v) is 10.0. The molecular formula is C27H22N2. The molecule has 0 unspecified atom stereocenters. The fraction of sp³-hybridized carbons (Fsp3) is 0.111. The van der Waals surface area contributed by atoms with E-state index < -0.39 is 0 Å². The number of allylic oxidation sites excluding steroid dienone is 1. The van der Waals surface area contributed by atoms with E-state index in [2.05, 4.69) is 94.9 Å². The standard InChI is InChI=1S/C27H22N2/c1-2-6-23(7-3-1)25-20-27(18-21-10-14-28-15-11-21,19-22-12-16-29-17-13-22)26-9-5-4-8-24(25)26/h1-17,20H,18-19H2. The molecule has 0 amide bonds. The number of rotatable bonds is 5. The number of nitrogens with zero attached hydrogens (tertiary/aromatic N) is 2. The second-order valence-corrected chi connectivity index (χ2v) is 7.69. The number of benzene rings is 2. The summed E-state index contributed by atoms with van der Waals surface area (Å²) in [6.07, 6.45) is 11.9. The Morgan fingerprint density at radius 2 is 1.14 bits per heavy atom. The Balaban J connectivity index is 1.69. The molecule has 0 atom stereocenters. The van der Waals surface area contributed by atoms with Crippen molar-refractivity contribution in [3.8, 4) is 0 Å². The zero-order valence-corrected chi connectivity index (χ0v) is 16.2. The maximum Gasteiger partial charge on any atom is 0.0270 e. The van der Waals surface area contributed by atoms with Gasteiger partial charge in [0.1, 0.15) is 0 Å². The number of pyridine rings is 2. The lowest BCUT2D eigenvalue weighted by molar-refractivity contribution is 0.536. The highest BCUT2D eigenvalue weighted by Gasteiger charge is 2.38. The molecule has 4 aromatic rings. The van der Waals surface area contributed by atoms with Crippen LogP contribution in [0.2, 0.25) is 0 Å². The van der Waals surface area contributed by atoms with Gasteiger partial charge in [0, 0.05) is 30.2 Å². The highest BCUT2D eigenvalue weighted by Crippen LogP contribution is 2.47. The Bertz CT molecular complexity index is 1090. The monoisotopic (exact) mass is 374 g/mol. The predicted octanol–water partition coefficient (Wildman–Crippen LogP) is 5.65. The average Bonchev–Trinajstić information content (AvgIpc) is 3.10. The number of fused-ring (bicyclic) bond motifs is 1. The molecule has 2 heteroatoms. The summed E-state index contributed by atoms with van der Waals surface area (Å²) in [5.41, 5.74) is 7.82. The highest BCUT2D eigenvalue weighted by molar-refractivity contribution is 5.87. The Morgan fingerprint density at radius 3 is 1.76 bits per heavy atom. The van der Waals surface area contributed by atoms with Gasteiger partial charge in [-0.2, -0.15) is 0 Å². The molecule has 140 valence electrons. The molecule has 0 aliphatic heterocycles. The third-order valence-corrected chi connectivity index (χ3v) is 5.80. The van der Waals surface area contributed by atoms with Crippen molar-refractivity contribution in [2.75, 3.05) is 0 Å². The highest BCUT2D eigenvalue weighted by atomic mass is 14.6. The lowest BCUT2D eigenvalue weighted by Gasteiger charge is -2.30. The Kier molecular flexibility index (Phi) is 4.53. The molecule has 0 N–H and O–H groups in total. The molecule has 1 aliphatic carbocycles. The van der Waals surface area contributed by atoms with Crippen LogP contribution in [0, 0.1) is 0 Å². The third-order valence-electron chi connectivity index (χ3n) is 5.80. The summed E-state index contributed by atoms with van der Waals surface area (Å²) in [4.78, 5) is 8.42. The molecule has 0 saturated heterocycles. The van der Waals surface area contributed by atoms with Gasteiger partial charge in [0.05, 0.1) is 0 Å². The minimum Gasteiger partial charge on any atom is -0.265 e. The van der Waals surface area contributed by atoms with E-state index in [4.69, 9.17) is 0 Å². The van der Waals surface area contributed by atoms with Crippen LogP contribution in [0.25, 0.3) is 5.57 Å². The number of aromatic nitrogens is 2. The lowest BCUT2D eigenvalue weighted by Crippen LogP contribution is -2.28. The maximum atomic E-state index is 4.21. The van der Waals surface area contributed by atoms with Crippen LogP contribution in [0.4, 0.5) is 0 Å². The van der Waals surface area contributed by atoms with Crippen LogP contribution < -0.4 is 0 Å². The second kappa shape index (κ2) is 7.48. The van der Waals surface area contributed by atoms with Crippen molar-refractivity contribution in [1.82, 2.24) is 9.97 Å². The third kappa shape index (κ3) is 3.38. The van der Waals surface area contributed by atoms with Crippen LogP contribution in [0.15, 0.2) is 110 Å². The van der Waals surface area contributed by atoms with Crippen LogP contribution in [0.1, 0.15) is 27.8 Å². The van der Waals surface area contributed by atoms with Crippen LogP contribution in [-0.4, -0.2) is 9.97 Å². The van der Waals surface area contributed by atoms with Crippen molar-refractivity contribution in [2.24, 2.45) is 0 Å². The van der Waals surface area contributed by atoms with Gasteiger partial charge in [-0.15, -0.1) is 0 Å². The second-order valence-electron chi connectivity index (χ2n) is 7.69. The smallest absolute Gasteiger partial charge is 0.0270 e. The van der Waals surface area contributed by atoms with Crippen molar-refractivity contribution in [3.05, 3.63) is 138 Å². The van der Waals surface area contributed by atoms with E-state index >= 15 is 0 Å². The van der Waals surface area contributed by atoms with Gasteiger partial charge in [0.25, 0.3) is 0 Å². The van der Waals surface area contributed by atoms with Gasteiger partial charge in [0.15, 0.2) is 0 Å². The minimum absolute atomic E-state index is 0.107. The molecule has 2 aromatic heterocycles. The summed E-state index contributed by atoms with van der Waals surface area (Å²) in [5, 5.41) is 0. The zero-order valence-electron chi connectivity index (χ0n) is 16.2. The van der Waals surface area contributed by atoms with Gasteiger partial charge < -0.3 is 0 Å². The van der Waals surface area contributed by atoms with E-state index in [-0.39, 0.29) is 5.41 Å². The van der Waals surface area contributed by atoms with Crippen molar-refractivity contribution in [2.45, 2.75) is 18.3 Å². The van der Waals surface area contributed by atoms with E-state index in [9.17, 15) is 0 Å². The van der Waals surface area contributed by atoms with Crippen molar-refractivity contribution in [1.29, 1.82) is 0 Å². The van der Waals surface area contributed by atoms with Crippen molar-refractivity contribution in [3.63, 3.8) is 0 Å². The van der Waals surface area contributed by atoms with E-state index in [0.29, 0.717) is 0 Å². The summed E-state index contributed by atoms with van der Waals surface area (Å²) in [5.74, 6) is 0. The Morgan fingerprint density at radius 1 is 0.586 bits per heavy atom. The summed E-state index contributed by atoms with van der Waals surface area (Å²) in [6, 6.07) is 28.1. The molecule has 0 bridgehead atoms. The summed E-state index contributed by atoms with van der Waals surface area (Å²) in [6.45, 7) is 0. The fourth-order valence-electron chi connectivity index (χ4n) is 4.53. The molecule has 1 aliphatic rings. The molecule has 0 spiro atoms. The van der Waals surface area contributed by atoms with E-state index in [0.717, 1.165) is 12.8 Å². The van der Waals surface area contributed by atoms with Crippen LogP contribution in [-0.2, 0) is 18.3 Å². The first-order valence-electron chi connectivity index (χ1n) is 10.0. The SMILES string of the molecule is C1=C(c2ccccc2)c2ccccc2C1(Cc1ccncc1)Cc1ccncc1. The molecule has 2 nitrogen and oxygen atoms in total. The van der Waals surface area contributed by atoms with Gasteiger partial charge in [-0.3, -0.25) is 9.97 Å². The van der Waals surface area contributed by atoms with E-state index in [1.807, 2.05) is 24.8 Å². The minimum atomic E-state index is -0.107. The van der Waals surface area contributed by atoms with Gasteiger partial charge >= 0.3 is 0 Å². The molecule has 2 aromatic carbocycles. The number of hydrogen-bond acceptors (Lipinski definition) is 2. The van der Waals surface area contributed by atoms with Crippen LogP contribution in [0.3, 0.4) is 0 Å². The van der Waals surface area contributed by atoms with E-state index in [1.165, 1.54) is 33.4 Å². The number of hydrogen-bond donors (Lipinski definition) is 0. The normalized spacial score (nSPS) is 14.3. The van der Waals surface area contributed by atoms with Gasteiger partial charge in [-0.25, -0.2) is 0 Å². The zero-order chi connectivity index (χ0) is 19.5. The Labute approximate surface area is 171 Å². The van der Waals surface area contributed by atoms with Crippen molar-refractivity contribution >= 4 is 5.57 Å². The van der Waals surface area contributed by atoms with Gasteiger partial charge in [-0.1, -0.05) is 60.7 Å². The molecule has 29 heavy (non-hydrogen) atoms. The van der Waals surface area contributed by atoms with Gasteiger partial charge in [-0.05, 0) is 70.5 Å². The van der Waals surface area contributed by atoms with Gasteiger partial charge in [0.2, 0.25) is 0 Å². The largest absolute Gasteiger partial charge is 0.265 e. The maximum absolute atomic E-state index is 4.21. The average molecular weight is 374 g/mol. The molecule has 5 rings (SSSR count). The van der Waals surface area contributed by atoms with Crippen LogP contribution in [0.5, 0.6) is 0 Å². The molecule has 0 fully saturated rings. The lowest BCUT2D eigenvalue weighted by atomic mass is 9.73. The summed E-state index contributed by atoms with van der Waals surface area (Å²) < 4.78 is 0. The predicted molar refractivity (Wildman–Crippen MR) is 118 cm³/mol.